The smallest absolute Gasteiger partial charge is 0.272 e. The van der Waals surface area contributed by atoms with Crippen LogP contribution in [0.4, 0.5) is 0 Å². The number of ether oxygens (including phenoxy) is 1. The van der Waals surface area contributed by atoms with Crippen molar-refractivity contribution in [3.63, 3.8) is 0 Å². The highest BCUT2D eigenvalue weighted by atomic mass is 16.5. The van der Waals surface area contributed by atoms with Crippen molar-refractivity contribution < 1.29 is 9.53 Å². The summed E-state index contributed by atoms with van der Waals surface area (Å²) in [4.78, 5) is 19.4. The van der Waals surface area contributed by atoms with Gasteiger partial charge in [0, 0.05) is 12.4 Å². The predicted molar refractivity (Wildman–Crippen MR) is 74.2 cm³/mol. The van der Waals surface area contributed by atoms with E-state index in [1.807, 2.05) is 24.3 Å². The molecule has 0 aliphatic rings. The lowest BCUT2D eigenvalue weighted by molar-refractivity contribution is 0.0953. The van der Waals surface area contributed by atoms with Crippen molar-refractivity contribution >= 4 is 5.91 Å². The van der Waals surface area contributed by atoms with Gasteiger partial charge in [0.25, 0.3) is 5.91 Å². The van der Waals surface area contributed by atoms with Crippen LogP contribution < -0.4 is 10.1 Å². The monoisotopic (exact) mass is 267 g/mol. The molecule has 1 N–H and O–H groups in total. The molecule has 1 aromatic carbocycles. The quantitative estimate of drug-likeness (QED) is 0.850. The van der Waals surface area contributed by atoms with Crippen LogP contribution in [-0.4, -0.2) is 29.5 Å². The molecular formula is C15H13N3O2. The zero-order chi connectivity index (χ0) is 14.2. The molecule has 0 atom stereocenters. The van der Waals surface area contributed by atoms with Crippen molar-refractivity contribution in [1.29, 1.82) is 0 Å². The van der Waals surface area contributed by atoms with Crippen molar-refractivity contribution in [3.8, 4) is 17.6 Å². The van der Waals surface area contributed by atoms with Gasteiger partial charge in [-0.3, -0.25) is 9.78 Å². The average molecular weight is 267 g/mol. The molecule has 0 aliphatic heterocycles. The molecule has 0 aliphatic carbocycles. The summed E-state index contributed by atoms with van der Waals surface area (Å²) in [5.74, 6) is 6.22. The molecule has 0 saturated carbocycles. The van der Waals surface area contributed by atoms with Crippen LogP contribution in [0, 0.1) is 11.8 Å². The van der Waals surface area contributed by atoms with E-state index < -0.39 is 0 Å². The third kappa shape index (κ3) is 3.56. The van der Waals surface area contributed by atoms with E-state index in [0.717, 1.165) is 5.56 Å². The van der Waals surface area contributed by atoms with Crippen LogP contribution >= 0.6 is 0 Å². The van der Waals surface area contributed by atoms with Crippen LogP contribution in [0.2, 0.25) is 0 Å². The highest BCUT2D eigenvalue weighted by molar-refractivity contribution is 5.91. The van der Waals surface area contributed by atoms with Gasteiger partial charge in [0.05, 0.1) is 25.4 Å². The van der Waals surface area contributed by atoms with E-state index in [1.54, 1.807) is 7.11 Å². The molecule has 1 aromatic heterocycles. The summed E-state index contributed by atoms with van der Waals surface area (Å²) in [7, 11) is 1.59. The highest BCUT2D eigenvalue weighted by Gasteiger charge is 2.04. The molecule has 5 nitrogen and oxygen atoms in total. The third-order valence-electron chi connectivity index (χ3n) is 2.46. The molecule has 1 heterocycles. The van der Waals surface area contributed by atoms with Gasteiger partial charge in [-0.1, -0.05) is 24.0 Å². The van der Waals surface area contributed by atoms with E-state index in [-0.39, 0.29) is 18.1 Å². The number of hydrogen-bond donors (Lipinski definition) is 1. The van der Waals surface area contributed by atoms with Crippen molar-refractivity contribution in [2.24, 2.45) is 0 Å². The first-order valence-electron chi connectivity index (χ1n) is 5.97. The first kappa shape index (κ1) is 13.6. The fraction of sp³-hybridized carbons (Fsp3) is 0.133. The third-order valence-corrected chi connectivity index (χ3v) is 2.46. The molecule has 2 rings (SSSR count). The SMILES string of the molecule is COc1ccccc1C#CCNC(=O)c1cnccn1. The number of carbonyl (C=O) groups excluding carboxylic acids is 1. The van der Waals surface area contributed by atoms with Gasteiger partial charge in [0.15, 0.2) is 0 Å². The maximum absolute atomic E-state index is 11.7. The number of benzene rings is 1. The first-order valence-corrected chi connectivity index (χ1v) is 5.97. The van der Waals surface area contributed by atoms with Gasteiger partial charge in [-0.2, -0.15) is 0 Å². The molecule has 1 amide bonds. The number of aromatic nitrogens is 2. The average Bonchev–Trinajstić information content (AvgIpc) is 2.52. The summed E-state index contributed by atoms with van der Waals surface area (Å²) in [6, 6.07) is 7.45. The second-order valence-corrected chi connectivity index (χ2v) is 3.78. The van der Waals surface area contributed by atoms with Crippen molar-refractivity contribution in [2.45, 2.75) is 0 Å². The van der Waals surface area contributed by atoms with E-state index in [1.165, 1.54) is 18.6 Å². The molecule has 20 heavy (non-hydrogen) atoms. The zero-order valence-electron chi connectivity index (χ0n) is 11.0. The van der Waals surface area contributed by atoms with E-state index >= 15 is 0 Å². The molecule has 0 fully saturated rings. The number of nitrogens with zero attached hydrogens (tertiary/aromatic N) is 2. The van der Waals surface area contributed by atoms with E-state index in [4.69, 9.17) is 4.74 Å². The van der Waals surface area contributed by atoms with Crippen LogP contribution in [0.25, 0.3) is 0 Å². The molecule has 5 heteroatoms. The fourth-order valence-electron chi connectivity index (χ4n) is 1.52. The molecule has 0 unspecified atom stereocenters. The van der Waals surface area contributed by atoms with Gasteiger partial charge in [-0.15, -0.1) is 0 Å². The lowest BCUT2D eigenvalue weighted by Crippen LogP contribution is -2.24. The molecule has 0 spiro atoms. The topological polar surface area (TPSA) is 64.1 Å². The minimum absolute atomic E-state index is 0.230. The largest absolute Gasteiger partial charge is 0.495 e. The van der Waals surface area contributed by atoms with Crippen LogP contribution in [0.5, 0.6) is 5.75 Å². The highest BCUT2D eigenvalue weighted by Crippen LogP contribution is 2.15. The molecule has 100 valence electrons. The molecule has 0 radical (unpaired) electrons. The maximum Gasteiger partial charge on any atom is 0.272 e. The minimum Gasteiger partial charge on any atom is -0.495 e. The fourth-order valence-corrected chi connectivity index (χ4v) is 1.52. The Bertz CT molecular complexity index is 645. The number of amides is 1. The van der Waals surface area contributed by atoms with Crippen molar-refractivity contribution in [1.82, 2.24) is 15.3 Å². The van der Waals surface area contributed by atoms with Gasteiger partial charge in [0.2, 0.25) is 0 Å². The number of hydrogen-bond acceptors (Lipinski definition) is 4. The number of carbonyl (C=O) groups is 1. The number of para-hydroxylation sites is 1. The summed E-state index contributed by atoms with van der Waals surface area (Å²) in [5, 5.41) is 2.65. The Balaban J connectivity index is 1.94. The Kier molecular flexibility index (Phi) is 4.68. The summed E-state index contributed by atoms with van der Waals surface area (Å²) in [6.07, 6.45) is 4.39. The Morgan fingerprint density at radius 1 is 1.35 bits per heavy atom. The molecule has 0 saturated heterocycles. The lowest BCUT2D eigenvalue weighted by atomic mass is 10.2. The number of methoxy groups -OCH3 is 1. The van der Waals surface area contributed by atoms with Crippen molar-refractivity contribution in [2.75, 3.05) is 13.7 Å². The summed E-state index contributed by atoms with van der Waals surface area (Å²) in [6.45, 7) is 0.230. The van der Waals surface area contributed by atoms with Crippen molar-refractivity contribution in [3.05, 3.63) is 54.1 Å². The Labute approximate surface area is 117 Å². The molecule has 0 bridgehead atoms. The summed E-state index contributed by atoms with van der Waals surface area (Å²) >= 11 is 0. The molecule has 2 aromatic rings. The van der Waals surface area contributed by atoms with Gasteiger partial charge in [-0.05, 0) is 12.1 Å². The molecular weight excluding hydrogens is 254 g/mol. The van der Waals surface area contributed by atoms with E-state index in [0.29, 0.717) is 5.75 Å². The van der Waals surface area contributed by atoms with Crippen LogP contribution in [-0.2, 0) is 0 Å². The first-order chi connectivity index (χ1) is 9.81. The second kappa shape index (κ2) is 6.90. The minimum atomic E-state index is -0.299. The summed E-state index contributed by atoms with van der Waals surface area (Å²) < 4.78 is 5.18. The van der Waals surface area contributed by atoms with Gasteiger partial charge in [0.1, 0.15) is 11.4 Å². The standard InChI is InChI=1S/C15H13N3O2/c1-20-14-7-3-2-5-12(14)6-4-8-18-15(19)13-11-16-9-10-17-13/h2-3,5,7,9-11H,8H2,1H3,(H,18,19). The zero-order valence-corrected chi connectivity index (χ0v) is 11.0. The normalized spacial score (nSPS) is 9.25. The Morgan fingerprint density at radius 3 is 2.95 bits per heavy atom. The Morgan fingerprint density at radius 2 is 2.20 bits per heavy atom. The second-order valence-electron chi connectivity index (χ2n) is 3.78. The Hall–Kier alpha value is -2.87. The number of rotatable bonds is 3. The summed E-state index contributed by atoms with van der Waals surface area (Å²) in [5.41, 5.74) is 1.05. The van der Waals surface area contributed by atoms with Gasteiger partial charge in [-0.25, -0.2) is 4.98 Å². The number of nitrogens with one attached hydrogen (secondary N) is 1. The van der Waals surface area contributed by atoms with Crippen LogP contribution in [0.3, 0.4) is 0 Å². The lowest BCUT2D eigenvalue weighted by Gasteiger charge is -2.01. The van der Waals surface area contributed by atoms with E-state index in [9.17, 15) is 4.79 Å². The maximum atomic E-state index is 11.7. The van der Waals surface area contributed by atoms with Gasteiger partial charge >= 0.3 is 0 Å². The van der Waals surface area contributed by atoms with Crippen LogP contribution in [0.1, 0.15) is 16.1 Å². The van der Waals surface area contributed by atoms with Gasteiger partial charge < -0.3 is 10.1 Å². The predicted octanol–water partition coefficient (Wildman–Crippen LogP) is 1.27. The van der Waals surface area contributed by atoms with E-state index in [2.05, 4.69) is 27.1 Å². The van der Waals surface area contributed by atoms with Crippen LogP contribution in [0.15, 0.2) is 42.9 Å².